The summed E-state index contributed by atoms with van der Waals surface area (Å²) in [5, 5.41) is 18.0. The van der Waals surface area contributed by atoms with E-state index in [1.54, 1.807) is 12.1 Å². The summed E-state index contributed by atoms with van der Waals surface area (Å²) < 4.78 is 10.2. The molecular formula is C18H18N4O7. The van der Waals surface area contributed by atoms with Crippen LogP contribution in [0.15, 0.2) is 36.5 Å². The molecule has 152 valence electrons. The number of esters is 2. The number of nitrogens with zero attached hydrogens (tertiary/aromatic N) is 3. The molecule has 1 aromatic carbocycles. The van der Waals surface area contributed by atoms with E-state index >= 15 is 0 Å². The number of methoxy groups -OCH3 is 2. The highest BCUT2D eigenvalue weighted by atomic mass is 16.5. The Balaban J connectivity index is 0.000000221. The molecule has 0 aliphatic carbocycles. The van der Waals surface area contributed by atoms with Crippen LogP contribution in [0, 0.1) is 0 Å². The predicted molar refractivity (Wildman–Crippen MR) is 98.6 cm³/mol. The second-order valence-electron chi connectivity index (χ2n) is 5.49. The number of imidazole rings is 1. The van der Waals surface area contributed by atoms with Crippen molar-refractivity contribution >= 4 is 23.7 Å². The Kier molecular flexibility index (Phi) is 6.82. The molecule has 0 atom stereocenters. The maximum atomic E-state index is 11.4. The Bertz CT molecular complexity index is 1040. The SMILES string of the molecule is COC(=O)c1cc(C(=O)O)nc2nc(O)cn12.COC(=O)c1ccc(CN)cc1. The number of hydrogen-bond donors (Lipinski definition) is 3. The first kappa shape index (κ1) is 21.3. The summed E-state index contributed by atoms with van der Waals surface area (Å²) in [7, 11) is 2.52. The van der Waals surface area contributed by atoms with Crippen molar-refractivity contribution in [2.24, 2.45) is 5.73 Å². The van der Waals surface area contributed by atoms with Gasteiger partial charge in [0, 0.05) is 12.6 Å². The fraction of sp³-hybridized carbons (Fsp3) is 0.167. The number of benzene rings is 1. The van der Waals surface area contributed by atoms with Gasteiger partial charge in [-0.05, 0) is 17.7 Å². The normalized spacial score (nSPS) is 10.0. The molecule has 0 saturated heterocycles. The lowest BCUT2D eigenvalue weighted by atomic mass is 10.1. The van der Waals surface area contributed by atoms with Crippen molar-refractivity contribution in [1.82, 2.24) is 14.4 Å². The molecule has 0 saturated carbocycles. The van der Waals surface area contributed by atoms with E-state index < -0.39 is 11.9 Å². The van der Waals surface area contributed by atoms with E-state index in [9.17, 15) is 19.5 Å². The highest BCUT2D eigenvalue weighted by Crippen LogP contribution is 2.14. The second-order valence-corrected chi connectivity index (χ2v) is 5.49. The summed E-state index contributed by atoms with van der Waals surface area (Å²) >= 11 is 0. The number of carboxylic acids is 1. The smallest absolute Gasteiger partial charge is 0.355 e. The summed E-state index contributed by atoms with van der Waals surface area (Å²) in [6.45, 7) is 0.488. The van der Waals surface area contributed by atoms with Crippen molar-refractivity contribution in [1.29, 1.82) is 0 Å². The Morgan fingerprint density at radius 3 is 2.21 bits per heavy atom. The molecule has 0 aliphatic rings. The third kappa shape index (κ3) is 5.05. The van der Waals surface area contributed by atoms with Gasteiger partial charge in [-0.2, -0.15) is 4.98 Å². The summed E-state index contributed by atoms with van der Waals surface area (Å²) in [4.78, 5) is 40.4. The molecule has 3 aromatic rings. The van der Waals surface area contributed by atoms with Crippen molar-refractivity contribution in [3.63, 3.8) is 0 Å². The molecule has 0 aliphatic heterocycles. The molecule has 0 unspecified atom stereocenters. The van der Waals surface area contributed by atoms with Gasteiger partial charge in [-0.25, -0.2) is 19.4 Å². The number of rotatable bonds is 4. The molecule has 29 heavy (non-hydrogen) atoms. The van der Waals surface area contributed by atoms with Gasteiger partial charge in [-0.1, -0.05) is 12.1 Å². The van der Waals surface area contributed by atoms with Crippen molar-refractivity contribution < 1.29 is 34.1 Å². The molecule has 4 N–H and O–H groups in total. The molecule has 11 nitrogen and oxygen atoms in total. The molecule has 0 radical (unpaired) electrons. The van der Waals surface area contributed by atoms with Gasteiger partial charge >= 0.3 is 17.9 Å². The first-order valence-electron chi connectivity index (χ1n) is 8.08. The third-order valence-electron chi connectivity index (χ3n) is 3.65. The maximum Gasteiger partial charge on any atom is 0.355 e. The van der Waals surface area contributed by atoms with Crippen LogP contribution in [0.3, 0.4) is 0 Å². The number of carbonyl (C=O) groups excluding carboxylic acids is 2. The highest BCUT2D eigenvalue weighted by Gasteiger charge is 2.18. The first-order chi connectivity index (χ1) is 13.8. The summed E-state index contributed by atoms with van der Waals surface area (Å²) in [6, 6.07) is 8.07. The Labute approximate surface area is 164 Å². The van der Waals surface area contributed by atoms with Gasteiger partial charge in [0.2, 0.25) is 11.7 Å². The molecule has 2 heterocycles. The number of fused-ring (bicyclic) bond motifs is 1. The minimum absolute atomic E-state index is 0.0808. The Morgan fingerprint density at radius 1 is 1.07 bits per heavy atom. The van der Waals surface area contributed by atoms with E-state index in [1.807, 2.05) is 12.1 Å². The third-order valence-corrected chi connectivity index (χ3v) is 3.65. The average Bonchev–Trinajstić information content (AvgIpc) is 3.12. The number of nitrogens with two attached hydrogens (primary N) is 1. The Hall–Kier alpha value is -3.99. The number of aromatic nitrogens is 3. The zero-order valence-corrected chi connectivity index (χ0v) is 15.5. The monoisotopic (exact) mass is 402 g/mol. The van der Waals surface area contributed by atoms with Gasteiger partial charge in [0.1, 0.15) is 5.69 Å². The lowest BCUT2D eigenvalue weighted by Crippen LogP contribution is -2.12. The van der Waals surface area contributed by atoms with Gasteiger partial charge in [0.15, 0.2) is 5.69 Å². The topological polar surface area (TPSA) is 166 Å². The molecular weight excluding hydrogens is 384 g/mol. The molecule has 0 bridgehead atoms. The van der Waals surface area contributed by atoms with Gasteiger partial charge < -0.3 is 25.4 Å². The number of aromatic carboxylic acids is 1. The quantitative estimate of drug-likeness (QED) is 0.532. The van der Waals surface area contributed by atoms with Gasteiger partial charge in [-0.15, -0.1) is 0 Å². The van der Waals surface area contributed by atoms with Crippen LogP contribution in [-0.4, -0.2) is 56.7 Å². The van der Waals surface area contributed by atoms with Gasteiger partial charge in [-0.3, -0.25) is 4.40 Å². The molecule has 11 heteroatoms. The number of carboxylic acid groups (broad SMARTS) is 1. The lowest BCUT2D eigenvalue weighted by Gasteiger charge is -2.03. The zero-order chi connectivity index (χ0) is 21.6. The second kappa shape index (κ2) is 9.28. The minimum Gasteiger partial charge on any atom is -0.492 e. The molecule has 0 amide bonds. The molecule has 0 spiro atoms. The van der Waals surface area contributed by atoms with Crippen molar-refractivity contribution in [2.45, 2.75) is 6.54 Å². The van der Waals surface area contributed by atoms with E-state index in [2.05, 4.69) is 19.4 Å². The van der Waals surface area contributed by atoms with Gasteiger partial charge in [0.25, 0.3) is 0 Å². The fourth-order valence-electron chi connectivity index (χ4n) is 2.22. The summed E-state index contributed by atoms with van der Waals surface area (Å²) in [6.07, 6.45) is 1.14. The van der Waals surface area contributed by atoms with E-state index in [-0.39, 0.29) is 29.0 Å². The molecule has 0 fully saturated rings. The van der Waals surface area contributed by atoms with E-state index in [0.717, 1.165) is 29.3 Å². The lowest BCUT2D eigenvalue weighted by molar-refractivity contribution is 0.0586. The van der Waals surface area contributed by atoms with Crippen molar-refractivity contribution in [3.05, 3.63) is 59.0 Å². The van der Waals surface area contributed by atoms with Crippen LogP contribution < -0.4 is 5.73 Å². The van der Waals surface area contributed by atoms with Crippen LogP contribution in [0.25, 0.3) is 5.78 Å². The summed E-state index contributed by atoms with van der Waals surface area (Å²) in [5.41, 5.74) is 6.51. The van der Waals surface area contributed by atoms with Crippen molar-refractivity contribution in [2.75, 3.05) is 14.2 Å². The van der Waals surface area contributed by atoms with Gasteiger partial charge in [0.05, 0.1) is 26.0 Å². The average molecular weight is 402 g/mol. The van der Waals surface area contributed by atoms with Crippen LogP contribution in [0.2, 0.25) is 0 Å². The number of hydrogen-bond acceptors (Lipinski definition) is 9. The molecule has 2 aromatic heterocycles. The molecule has 3 rings (SSSR count). The van der Waals surface area contributed by atoms with Crippen LogP contribution in [-0.2, 0) is 16.0 Å². The number of ether oxygens (including phenoxy) is 2. The zero-order valence-electron chi connectivity index (χ0n) is 15.5. The number of aromatic hydroxyl groups is 1. The van der Waals surface area contributed by atoms with Crippen molar-refractivity contribution in [3.8, 4) is 5.88 Å². The Morgan fingerprint density at radius 2 is 1.69 bits per heavy atom. The highest BCUT2D eigenvalue weighted by molar-refractivity contribution is 5.93. The summed E-state index contributed by atoms with van der Waals surface area (Å²) in [5.74, 6) is -2.84. The standard InChI is InChI=1S/C9H7N3O5.C9H11NO2/c1-17-8(16)5-2-4(7(14)15)10-9-11-6(13)3-12(5)9;1-12-9(11)8-4-2-7(6-10)3-5-8/h2-3,13H,1H3,(H,14,15);2-5H,6,10H2,1H3. The van der Waals surface area contributed by atoms with E-state index in [4.69, 9.17) is 10.8 Å². The largest absolute Gasteiger partial charge is 0.492 e. The first-order valence-corrected chi connectivity index (χ1v) is 8.08. The van der Waals surface area contributed by atoms with E-state index in [1.165, 1.54) is 7.11 Å². The predicted octanol–water partition coefficient (Wildman–Crippen LogP) is 0.852. The fourth-order valence-corrected chi connectivity index (χ4v) is 2.22. The van der Waals surface area contributed by atoms with E-state index in [0.29, 0.717) is 12.1 Å². The maximum absolute atomic E-state index is 11.4. The van der Waals surface area contributed by atoms with Crippen LogP contribution in [0.4, 0.5) is 0 Å². The minimum atomic E-state index is -1.31. The number of carbonyl (C=O) groups is 3. The van der Waals surface area contributed by atoms with Crippen LogP contribution in [0.1, 0.15) is 36.9 Å². The van der Waals surface area contributed by atoms with Crippen LogP contribution in [0.5, 0.6) is 5.88 Å². The van der Waals surface area contributed by atoms with Crippen LogP contribution >= 0.6 is 0 Å².